The standard InChI is InChI=1S/C16H21ClFN3/c1-10-14(11(2)21(3)20-10)6-5-13(19)8-12-4-7-15(17)16(18)9-12/h4,7,9,13H,5-6,8,19H2,1-3H3. The van der Waals surface area contributed by atoms with Gasteiger partial charge < -0.3 is 5.73 Å². The minimum Gasteiger partial charge on any atom is -0.327 e. The summed E-state index contributed by atoms with van der Waals surface area (Å²) in [6, 6.07) is 4.85. The van der Waals surface area contributed by atoms with E-state index in [9.17, 15) is 4.39 Å². The van der Waals surface area contributed by atoms with Gasteiger partial charge in [-0.1, -0.05) is 17.7 Å². The highest BCUT2D eigenvalue weighted by molar-refractivity contribution is 6.30. The van der Waals surface area contributed by atoms with Crippen LogP contribution in [0.25, 0.3) is 0 Å². The minimum atomic E-state index is -0.389. The van der Waals surface area contributed by atoms with E-state index in [0.717, 1.165) is 24.1 Å². The Morgan fingerprint density at radius 1 is 1.38 bits per heavy atom. The van der Waals surface area contributed by atoms with Gasteiger partial charge >= 0.3 is 0 Å². The molecular formula is C16H21ClFN3. The van der Waals surface area contributed by atoms with Crippen LogP contribution in [0.15, 0.2) is 18.2 Å². The number of rotatable bonds is 5. The highest BCUT2D eigenvalue weighted by Crippen LogP contribution is 2.18. The van der Waals surface area contributed by atoms with Gasteiger partial charge in [0.15, 0.2) is 0 Å². The van der Waals surface area contributed by atoms with Crippen LogP contribution >= 0.6 is 11.6 Å². The summed E-state index contributed by atoms with van der Waals surface area (Å²) in [5.41, 5.74) is 10.5. The summed E-state index contributed by atoms with van der Waals surface area (Å²) in [4.78, 5) is 0. The lowest BCUT2D eigenvalue weighted by Gasteiger charge is -2.12. The minimum absolute atomic E-state index is 0.00965. The van der Waals surface area contributed by atoms with Crippen molar-refractivity contribution in [1.82, 2.24) is 9.78 Å². The second-order valence-corrected chi connectivity index (χ2v) is 5.93. The molecule has 0 saturated carbocycles. The highest BCUT2D eigenvalue weighted by Gasteiger charge is 2.12. The van der Waals surface area contributed by atoms with E-state index in [1.807, 2.05) is 24.7 Å². The first kappa shape index (κ1) is 16.0. The Labute approximate surface area is 129 Å². The van der Waals surface area contributed by atoms with E-state index in [4.69, 9.17) is 17.3 Å². The van der Waals surface area contributed by atoms with Gasteiger partial charge in [-0.25, -0.2) is 4.39 Å². The summed E-state index contributed by atoms with van der Waals surface area (Å²) in [7, 11) is 1.95. The average molecular weight is 310 g/mol. The summed E-state index contributed by atoms with van der Waals surface area (Å²) < 4.78 is 15.3. The second-order valence-electron chi connectivity index (χ2n) is 5.52. The predicted octanol–water partition coefficient (Wildman–Crippen LogP) is 3.33. The summed E-state index contributed by atoms with van der Waals surface area (Å²) in [5, 5.41) is 4.55. The van der Waals surface area contributed by atoms with Crippen molar-refractivity contribution in [1.29, 1.82) is 0 Å². The van der Waals surface area contributed by atoms with Crippen molar-refractivity contribution in [2.45, 2.75) is 39.2 Å². The van der Waals surface area contributed by atoms with Crippen LogP contribution < -0.4 is 5.73 Å². The molecule has 5 heteroatoms. The number of benzene rings is 1. The Balaban J connectivity index is 1.95. The molecule has 0 radical (unpaired) electrons. The Kier molecular flexibility index (Phi) is 5.01. The third kappa shape index (κ3) is 3.83. The van der Waals surface area contributed by atoms with Gasteiger partial charge in [-0.15, -0.1) is 0 Å². The van der Waals surface area contributed by atoms with Crippen molar-refractivity contribution < 1.29 is 4.39 Å². The van der Waals surface area contributed by atoms with Crippen molar-refractivity contribution in [2.75, 3.05) is 0 Å². The zero-order chi connectivity index (χ0) is 15.6. The molecule has 1 heterocycles. The zero-order valence-electron chi connectivity index (χ0n) is 12.7. The largest absolute Gasteiger partial charge is 0.327 e. The molecule has 0 spiro atoms. The number of aryl methyl sites for hydroxylation is 2. The molecule has 1 unspecified atom stereocenters. The van der Waals surface area contributed by atoms with Crippen molar-refractivity contribution in [3.8, 4) is 0 Å². The number of halogens is 2. The van der Waals surface area contributed by atoms with Gasteiger partial charge in [-0.2, -0.15) is 5.10 Å². The van der Waals surface area contributed by atoms with Crippen LogP contribution in [-0.4, -0.2) is 15.8 Å². The summed E-state index contributed by atoms with van der Waals surface area (Å²) in [5.74, 6) is -0.389. The summed E-state index contributed by atoms with van der Waals surface area (Å²) in [6.07, 6.45) is 2.38. The molecule has 21 heavy (non-hydrogen) atoms. The molecule has 2 rings (SSSR count). The smallest absolute Gasteiger partial charge is 0.142 e. The van der Waals surface area contributed by atoms with E-state index >= 15 is 0 Å². The van der Waals surface area contributed by atoms with Gasteiger partial charge in [0.25, 0.3) is 0 Å². The SMILES string of the molecule is Cc1nn(C)c(C)c1CCC(N)Cc1ccc(Cl)c(F)c1. The Morgan fingerprint density at radius 3 is 2.67 bits per heavy atom. The molecule has 0 aliphatic rings. The molecule has 0 fully saturated rings. The third-order valence-electron chi connectivity index (χ3n) is 3.91. The lowest BCUT2D eigenvalue weighted by atomic mass is 9.99. The molecule has 2 aromatic rings. The number of hydrogen-bond donors (Lipinski definition) is 1. The van der Waals surface area contributed by atoms with Crippen LogP contribution in [-0.2, 0) is 19.9 Å². The molecule has 1 atom stereocenters. The molecule has 1 aromatic carbocycles. The molecule has 0 amide bonds. The quantitative estimate of drug-likeness (QED) is 0.920. The third-order valence-corrected chi connectivity index (χ3v) is 4.21. The van der Waals surface area contributed by atoms with Crippen LogP contribution in [0.2, 0.25) is 5.02 Å². The average Bonchev–Trinajstić information content (AvgIpc) is 2.66. The molecule has 114 valence electrons. The summed E-state index contributed by atoms with van der Waals surface area (Å²) >= 11 is 5.68. The molecule has 2 N–H and O–H groups in total. The van der Waals surface area contributed by atoms with Crippen LogP contribution in [0.4, 0.5) is 4.39 Å². The molecule has 0 saturated heterocycles. The molecular weight excluding hydrogens is 289 g/mol. The Morgan fingerprint density at radius 2 is 2.10 bits per heavy atom. The first-order valence-electron chi connectivity index (χ1n) is 7.07. The van der Waals surface area contributed by atoms with Crippen molar-refractivity contribution >= 4 is 11.6 Å². The van der Waals surface area contributed by atoms with Crippen LogP contribution in [0.1, 0.15) is 28.9 Å². The van der Waals surface area contributed by atoms with E-state index in [0.29, 0.717) is 6.42 Å². The predicted molar refractivity (Wildman–Crippen MR) is 84.1 cm³/mol. The lowest BCUT2D eigenvalue weighted by Crippen LogP contribution is -2.23. The van der Waals surface area contributed by atoms with E-state index in [-0.39, 0.29) is 16.9 Å². The number of nitrogens with two attached hydrogens (primary N) is 1. The van der Waals surface area contributed by atoms with E-state index < -0.39 is 0 Å². The highest BCUT2D eigenvalue weighted by atomic mass is 35.5. The van der Waals surface area contributed by atoms with Gasteiger partial charge in [0.05, 0.1) is 10.7 Å². The number of hydrogen-bond acceptors (Lipinski definition) is 2. The second kappa shape index (κ2) is 6.58. The van der Waals surface area contributed by atoms with Crippen LogP contribution in [0.5, 0.6) is 0 Å². The fraction of sp³-hybridized carbons (Fsp3) is 0.438. The van der Waals surface area contributed by atoms with Gasteiger partial charge in [-0.05, 0) is 56.4 Å². The first-order chi connectivity index (χ1) is 9.88. The topological polar surface area (TPSA) is 43.8 Å². The Bertz CT molecular complexity index is 637. The number of aromatic nitrogens is 2. The molecule has 0 aliphatic heterocycles. The fourth-order valence-electron chi connectivity index (χ4n) is 2.58. The van der Waals surface area contributed by atoms with E-state index in [1.165, 1.54) is 17.3 Å². The molecule has 3 nitrogen and oxygen atoms in total. The zero-order valence-corrected chi connectivity index (χ0v) is 13.4. The van der Waals surface area contributed by atoms with E-state index in [2.05, 4.69) is 12.0 Å². The molecule has 0 bridgehead atoms. The Hall–Kier alpha value is -1.39. The molecule has 1 aromatic heterocycles. The summed E-state index contributed by atoms with van der Waals surface area (Å²) in [6.45, 7) is 4.08. The number of nitrogens with zero attached hydrogens (tertiary/aromatic N) is 2. The normalized spacial score (nSPS) is 12.7. The maximum absolute atomic E-state index is 13.4. The first-order valence-corrected chi connectivity index (χ1v) is 7.45. The maximum Gasteiger partial charge on any atom is 0.142 e. The van der Waals surface area contributed by atoms with Crippen LogP contribution in [0.3, 0.4) is 0 Å². The van der Waals surface area contributed by atoms with E-state index in [1.54, 1.807) is 6.07 Å². The van der Waals surface area contributed by atoms with Crippen LogP contribution in [0, 0.1) is 19.7 Å². The lowest BCUT2D eigenvalue weighted by molar-refractivity contribution is 0.597. The molecule has 0 aliphatic carbocycles. The van der Waals surface area contributed by atoms with Crippen molar-refractivity contribution in [2.24, 2.45) is 12.8 Å². The monoisotopic (exact) mass is 309 g/mol. The maximum atomic E-state index is 13.4. The van der Waals surface area contributed by atoms with Gasteiger partial charge in [0, 0.05) is 18.8 Å². The van der Waals surface area contributed by atoms with Gasteiger partial charge in [-0.3, -0.25) is 4.68 Å². The fourth-order valence-corrected chi connectivity index (χ4v) is 2.70. The van der Waals surface area contributed by atoms with Gasteiger partial charge in [0.1, 0.15) is 5.82 Å². The van der Waals surface area contributed by atoms with Crippen molar-refractivity contribution in [3.63, 3.8) is 0 Å². The van der Waals surface area contributed by atoms with Crippen molar-refractivity contribution in [3.05, 3.63) is 51.6 Å². The van der Waals surface area contributed by atoms with Gasteiger partial charge in [0.2, 0.25) is 0 Å².